The molecule has 1 N–H and O–H groups in total. The van der Waals surface area contributed by atoms with Crippen LogP contribution in [0.4, 0.5) is 8.78 Å². The van der Waals surface area contributed by atoms with Crippen molar-refractivity contribution in [1.29, 1.82) is 0 Å². The van der Waals surface area contributed by atoms with Crippen molar-refractivity contribution in [2.24, 2.45) is 0 Å². The fraction of sp³-hybridized carbons (Fsp3) is 0.250. The lowest BCUT2D eigenvalue weighted by Gasteiger charge is -2.07. The van der Waals surface area contributed by atoms with Crippen molar-refractivity contribution in [2.45, 2.75) is 13.0 Å². The summed E-state index contributed by atoms with van der Waals surface area (Å²) in [6.45, 7) is -0.641. The van der Waals surface area contributed by atoms with Crippen molar-refractivity contribution in [3.63, 3.8) is 0 Å². The number of nitrogens with zero attached hydrogens (tertiary/aromatic N) is 1. The second kappa shape index (κ2) is 4.64. The third-order valence-corrected chi connectivity index (χ3v) is 2.65. The van der Waals surface area contributed by atoms with Crippen LogP contribution in [-0.4, -0.2) is 29.2 Å². The maximum Gasteiger partial charge on any atom is 0.352 e. The fourth-order valence-electron chi connectivity index (χ4n) is 1.89. The third-order valence-electron chi connectivity index (χ3n) is 2.65. The number of methoxy groups -OCH3 is 1. The van der Waals surface area contributed by atoms with Gasteiger partial charge in [0.25, 0.3) is 6.43 Å². The van der Waals surface area contributed by atoms with Crippen LogP contribution in [0.3, 0.4) is 0 Å². The quantitative estimate of drug-likeness (QED) is 0.913. The lowest BCUT2D eigenvalue weighted by Crippen LogP contribution is -2.13. The number of benzene rings is 1. The number of hydrogen-bond donors (Lipinski definition) is 1. The molecule has 2 rings (SSSR count). The first-order valence-electron chi connectivity index (χ1n) is 5.21. The molecule has 0 unspecified atom stereocenters. The summed E-state index contributed by atoms with van der Waals surface area (Å²) in [6, 6.07) is 6.16. The number of carboxylic acids is 1. The summed E-state index contributed by atoms with van der Waals surface area (Å²) < 4.78 is 31.1. The summed E-state index contributed by atoms with van der Waals surface area (Å²) in [5.41, 5.74) is 0.298. The van der Waals surface area contributed by atoms with Crippen LogP contribution in [0.5, 0.6) is 5.75 Å². The average molecular weight is 255 g/mol. The molecule has 2 aromatic rings. The zero-order chi connectivity index (χ0) is 13.3. The van der Waals surface area contributed by atoms with Gasteiger partial charge in [-0.3, -0.25) is 0 Å². The van der Waals surface area contributed by atoms with Gasteiger partial charge in [0.15, 0.2) is 0 Å². The van der Waals surface area contributed by atoms with E-state index in [1.54, 1.807) is 18.2 Å². The zero-order valence-electron chi connectivity index (χ0n) is 9.56. The Labute approximate surface area is 101 Å². The number of carbonyl (C=O) groups is 1. The lowest BCUT2D eigenvalue weighted by atomic mass is 10.2. The van der Waals surface area contributed by atoms with E-state index in [4.69, 9.17) is 9.84 Å². The molecule has 0 saturated heterocycles. The molecule has 0 fully saturated rings. The number of halogens is 2. The molecule has 18 heavy (non-hydrogen) atoms. The monoisotopic (exact) mass is 255 g/mol. The van der Waals surface area contributed by atoms with Crippen molar-refractivity contribution in [1.82, 2.24) is 4.57 Å². The van der Waals surface area contributed by atoms with Crippen LogP contribution in [0.25, 0.3) is 10.9 Å². The van der Waals surface area contributed by atoms with Crippen LogP contribution in [-0.2, 0) is 6.54 Å². The molecule has 1 heterocycles. The first-order chi connectivity index (χ1) is 8.52. The fourth-order valence-corrected chi connectivity index (χ4v) is 1.89. The summed E-state index contributed by atoms with van der Waals surface area (Å²) in [6.07, 6.45) is -2.61. The number of carboxylic acid groups (broad SMARTS) is 1. The molecule has 96 valence electrons. The number of rotatable bonds is 4. The Morgan fingerprint density at radius 1 is 1.44 bits per heavy atom. The van der Waals surface area contributed by atoms with Gasteiger partial charge in [-0.25, -0.2) is 13.6 Å². The van der Waals surface area contributed by atoms with Crippen LogP contribution < -0.4 is 4.74 Å². The number of hydrogen-bond acceptors (Lipinski definition) is 2. The molecule has 0 radical (unpaired) electrons. The van der Waals surface area contributed by atoms with Crippen molar-refractivity contribution in [2.75, 3.05) is 7.11 Å². The molecule has 0 spiro atoms. The average Bonchev–Trinajstić information content (AvgIpc) is 2.66. The van der Waals surface area contributed by atoms with E-state index in [2.05, 4.69) is 0 Å². The molecule has 4 nitrogen and oxygen atoms in total. The van der Waals surface area contributed by atoms with Gasteiger partial charge in [-0.1, -0.05) is 0 Å². The molecule has 1 aromatic carbocycles. The van der Waals surface area contributed by atoms with Crippen LogP contribution >= 0.6 is 0 Å². The number of aromatic nitrogens is 1. The van der Waals surface area contributed by atoms with Crippen molar-refractivity contribution >= 4 is 16.9 Å². The molecule has 0 bridgehead atoms. The second-order valence-corrected chi connectivity index (χ2v) is 3.76. The minimum atomic E-state index is -2.61. The number of fused-ring (bicyclic) bond motifs is 1. The van der Waals surface area contributed by atoms with E-state index >= 15 is 0 Å². The Balaban J connectivity index is 2.63. The molecular weight excluding hydrogens is 244 g/mol. The zero-order valence-corrected chi connectivity index (χ0v) is 9.56. The van der Waals surface area contributed by atoms with Gasteiger partial charge in [0, 0.05) is 10.9 Å². The van der Waals surface area contributed by atoms with Crippen molar-refractivity contribution in [3.05, 3.63) is 30.0 Å². The Morgan fingerprint density at radius 3 is 2.72 bits per heavy atom. The minimum absolute atomic E-state index is 0.154. The second-order valence-electron chi connectivity index (χ2n) is 3.76. The van der Waals surface area contributed by atoms with Crippen LogP contribution in [0.15, 0.2) is 24.3 Å². The predicted octanol–water partition coefficient (Wildman–Crippen LogP) is 2.61. The Bertz CT molecular complexity index is 592. The highest BCUT2D eigenvalue weighted by atomic mass is 19.3. The first kappa shape index (κ1) is 12.3. The van der Waals surface area contributed by atoms with Gasteiger partial charge in [0.1, 0.15) is 11.4 Å². The number of alkyl halides is 2. The molecule has 0 aliphatic rings. The van der Waals surface area contributed by atoms with Crippen molar-refractivity contribution < 1.29 is 23.4 Å². The molecule has 0 amide bonds. The highest BCUT2D eigenvalue weighted by Crippen LogP contribution is 2.25. The van der Waals surface area contributed by atoms with E-state index in [1.165, 1.54) is 13.2 Å². The SMILES string of the molecule is COc1ccc2c(c1)cc(C(=O)O)n2CC(F)F. The van der Waals surface area contributed by atoms with Gasteiger partial charge in [-0.2, -0.15) is 0 Å². The topological polar surface area (TPSA) is 51.5 Å². The summed E-state index contributed by atoms with van der Waals surface area (Å²) in [5.74, 6) is -0.681. The van der Waals surface area contributed by atoms with Crippen molar-refractivity contribution in [3.8, 4) is 5.75 Å². The number of aromatic carboxylic acids is 1. The minimum Gasteiger partial charge on any atom is -0.497 e. The Kier molecular flexibility index (Phi) is 3.18. The molecule has 0 atom stereocenters. The summed E-state index contributed by atoms with van der Waals surface area (Å²) >= 11 is 0. The maximum absolute atomic E-state index is 12.5. The van der Waals surface area contributed by atoms with E-state index < -0.39 is 18.9 Å². The standard InChI is InChI=1S/C12H11F2NO3/c1-18-8-2-3-9-7(4-8)5-10(12(16)17)15(9)6-11(13)14/h2-5,11H,6H2,1H3,(H,16,17). The largest absolute Gasteiger partial charge is 0.497 e. The molecule has 0 saturated carbocycles. The van der Waals surface area contributed by atoms with E-state index in [9.17, 15) is 13.6 Å². The highest BCUT2D eigenvalue weighted by molar-refractivity contribution is 5.95. The van der Waals surface area contributed by atoms with Crippen LogP contribution in [0.1, 0.15) is 10.5 Å². The Morgan fingerprint density at radius 2 is 2.17 bits per heavy atom. The first-order valence-corrected chi connectivity index (χ1v) is 5.21. The lowest BCUT2D eigenvalue weighted by molar-refractivity contribution is 0.0677. The van der Waals surface area contributed by atoms with E-state index in [-0.39, 0.29) is 5.69 Å². The van der Waals surface area contributed by atoms with Gasteiger partial charge in [0.2, 0.25) is 0 Å². The predicted molar refractivity (Wildman–Crippen MR) is 61.5 cm³/mol. The van der Waals surface area contributed by atoms with Crippen LogP contribution in [0, 0.1) is 0 Å². The molecule has 6 heteroatoms. The summed E-state index contributed by atoms with van der Waals surface area (Å²) in [5, 5.41) is 9.57. The Hall–Kier alpha value is -2.11. The number of ether oxygens (including phenoxy) is 1. The van der Waals surface area contributed by atoms with Gasteiger partial charge >= 0.3 is 5.97 Å². The molecule has 1 aromatic heterocycles. The normalized spacial score (nSPS) is 11.1. The van der Waals surface area contributed by atoms with Gasteiger partial charge in [0.05, 0.1) is 13.7 Å². The van der Waals surface area contributed by atoms with Gasteiger partial charge in [-0.15, -0.1) is 0 Å². The van der Waals surface area contributed by atoms with E-state index in [1.807, 2.05) is 0 Å². The van der Waals surface area contributed by atoms with E-state index in [0.29, 0.717) is 16.7 Å². The summed E-state index contributed by atoms with van der Waals surface area (Å²) in [4.78, 5) is 11.0. The van der Waals surface area contributed by atoms with Crippen LogP contribution in [0.2, 0.25) is 0 Å². The summed E-state index contributed by atoms with van der Waals surface area (Å²) in [7, 11) is 1.48. The molecule has 0 aliphatic heterocycles. The highest BCUT2D eigenvalue weighted by Gasteiger charge is 2.17. The maximum atomic E-state index is 12.5. The smallest absolute Gasteiger partial charge is 0.352 e. The molecular formula is C12H11F2NO3. The van der Waals surface area contributed by atoms with E-state index in [0.717, 1.165) is 4.57 Å². The van der Waals surface area contributed by atoms with Gasteiger partial charge < -0.3 is 14.4 Å². The van der Waals surface area contributed by atoms with Gasteiger partial charge in [-0.05, 0) is 24.3 Å². The molecule has 0 aliphatic carbocycles. The third kappa shape index (κ3) is 2.13.